The Morgan fingerprint density at radius 3 is 2.95 bits per heavy atom. The Hall–Kier alpha value is -2.14. The number of para-hydroxylation sites is 1. The SMILES string of the molecule is O=C(NCC1CCCNC1)c1ccn(-c2ccccc2)n1. The summed E-state index contributed by atoms with van der Waals surface area (Å²) >= 11 is 0. The number of carbonyl (C=O) groups is 1. The smallest absolute Gasteiger partial charge is 0.271 e. The molecule has 1 aromatic heterocycles. The van der Waals surface area contributed by atoms with Crippen LogP contribution in [0.25, 0.3) is 5.69 Å². The fourth-order valence-electron chi connectivity index (χ4n) is 2.60. The first-order valence-corrected chi connectivity index (χ1v) is 7.43. The van der Waals surface area contributed by atoms with Crippen LogP contribution in [0.15, 0.2) is 42.6 Å². The fourth-order valence-corrected chi connectivity index (χ4v) is 2.60. The third kappa shape index (κ3) is 3.49. The van der Waals surface area contributed by atoms with Crippen molar-refractivity contribution in [2.75, 3.05) is 19.6 Å². The van der Waals surface area contributed by atoms with Gasteiger partial charge in [0.2, 0.25) is 0 Å². The molecule has 0 radical (unpaired) electrons. The van der Waals surface area contributed by atoms with Crippen molar-refractivity contribution >= 4 is 5.91 Å². The van der Waals surface area contributed by atoms with Crippen LogP contribution < -0.4 is 10.6 Å². The second kappa shape index (κ2) is 6.54. The lowest BCUT2D eigenvalue weighted by Gasteiger charge is -2.22. The molecule has 1 aliphatic heterocycles. The zero-order valence-corrected chi connectivity index (χ0v) is 12.0. The van der Waals surface area contributed by atoms with Crippen LogP contribution in [0, 0.1) is 5.92 Å². The molecule has 5 nitrogen and oxygen atoms in total. The van der Waals surface area contributed by atoms with Gasteiger partial charge in [0.25, 0.3) is 5.91 Å². The number of nitrogens with one attached hydrogen (secondary N) is 2. The zero-order chi connectivity index (χ0) is 14.5. The quantitative estimate of drug-likeness (QED) is 0.896. The fraction of sp³-hybridized carbons (Fsp3) is 0.375. The van der Waals surface area contributed by atoms with Gasteiger partial charge in [0, 0.05) is 12.7 Å². The van der Waals surface area contributed by atoms with Gasteiger partial charge in [-0.25, -0.2) is 4.68 Å². The topological polar surface area (TPSA) is 59.0 Å². The van der Waals surface area contributed by atoms with Crippen molar-refractivity contribution in [3.8, 4) is 5.69 Å². The number of amides is 1. The Morgan fingerprint density at radius 1 is 1.33 bits per heavy atom. The number of aromatic nitrogens is 2. The maximum atomic E-state index is 12.1. The summed E-state index contributed by atoms with van der Waals surface area (Å²) in [6.07, 6.45) is 4.17. The van der Waals surface area contributed by atoms with Crippen molar-refractivity contribution in [3.05, 3.63) is 48.3 Å². The standard InChI is InChI=1S/C16H20N4O/c21-16(18-12-13-5-4-9-17-11-13)15-8-10-20(19-15)14-6-2-1-3-7-14/h1-3,6-8,10,13,17H,4-5,9,11-12H2,(H,18,21). The molecule has 0 bridgehead atoms. The molecule has 0 saturated carbocycles. The summed E-state index contributed by atoms with van der Waals surface area (Å²) < 4.78 is 1.72. The van der Waals surface area contributed by atoms with Crippen molar-refractivity contribution in [2.45, 2.75) is 12.8 Å². The first kappa shape index (κ1) is 13.8. The summed E-state index contributed by atoms with van der Waals surface area (Å²) in [5.74, 6) is 0.425. The highest BCUT2D eigenvalue weighted by Gasteiger charge is 2.15. The predicted octanol–water partition coefficient (Wildman–Crippen LogP) is 1.60. The van der Waals surface area contributed by atoms with Gasteiger partial charge in [0.15, 0.2) is 5.69 Å². The average Bonchev–Trinajstić information content (AvgIpc) is 3.04. The van der Waals surface area contributed by atoms with Crippen LogP contribution in [0.1, 0.15) is 23.3 Å². The summed E-state index contributed by atoms with van der Waals surface area (Å²) in [5.41, 5.74) is 1.41. The third-order valence-electron chi connectivity index (χ3n) is 3.79. The second-order valence-corrected chi connectivity index (χ2v) is 5.40. The molecule has 110 valence electrons. The Labute approximate surface area is 124 Å². The largest absolute Gasteiger partial charge is 0.350 e. The van der Waals surface area contributed by atoms with E-state index in [4.69, 9.17) is 0 Å². The highest BCUT2D eigenvalue weighted by molar-refractivity contribution is 5.92. The van der Waals surface area contributed by atoms with Crippen molar-refractivity contribution < 1.29 is 4.79 Å². The van der Waals surface area contributed by atoms with Crippen LogP contribution in [0.4, 0.5) is 0 Å². The number of carbonyl (C=O) groups excluding carboxylic acids is 1. The van der Waals surface area contributed by atoms with Gasteiger partial charge >= 0.3 is 0 Å². The third-order valence-corrected chi connectivity index (χ3v) is 3.79. The van der Waals surface area contributed by atoms with E-state index in [1.165, 1.54) is 12.8 Å². The van der Waals surface area contributed by atoms with Crippen LogP contribution in [-0.2, 0) is 0 Å². The maximum Gasteiger partial charge on any atom is 0.271 e. The van der Waals surface area contributed by atoms with Gasteiger partial charge in [-0.15, -0.1) is 0 Å². The van der Waals surface area contributed by atoms with E-state index in [0.717, 1.165) is 18.8 Å². The zero-order valence-electron chi connectivity index (χ0n) is 12.0. The summed E-state index contributed by atoms with van der Waals surface area (Å²) in [6, 6.07) is 11.5. The predicted molar refractivity (Wildman–Crippen MR) is 81.5 cm³/mol. The number of hydrogen-bond donors (Lipinski definition) is 2. The van der Waals surface area contributed by atoms with Crippen LogP contribution in [0.2, 0.25) is 0 Å². The molecule has 2 aromatic rings. The van der Waals surface area contributed by atoms with Crippen molar-refractivity contribution in [1.82, 2.24) is 20.4 Å². The summed E-state index contributed by atoms with van der Waals surface area (Å²) in [6.45, 7) is 2.79. The van der Waals surface area contributed by atoms with Crippen molar-refractivity contribution in [2.24, 2.45) is 5.92 Å². The van der Waals surface area contributed by atoms with Gasteiger partial charge in [-0.3, -0.25) is 4.79 Å². The van der Waals surface area contributed by atoms with E-state index in [1.807, 2.05) is 36.5 Å². The Bertz CT molecular complexity index is 587. The lowest BCUT2D eigenvalue weighted by atomic mass is 10.00. The van der Waals surface area contributed by atoms with Crippen molar-refractivity contribution in [1.29, 1.82) is 0 Å². The molecule has 1 saturated heterocycles. The molecule has 2 N–H and O–H groups in total. The Kier molecular flexibility index (Phi) is 4.31. The summed E-state index contributed by atoms with van der Waals surface area (Å²) in [4.78, 5) is 12.1. The average molecular weight is 284 g/mol. The molecule has 5 heteroatoms. The first-order chi connectivity index (χ1) is 10.3. The van der Waals surface area contributed by atoms with E-state index in [2.05, 4.69) is 15.7 Å². The Balaban J connectivity index is 1.59. The minimum atomic E-state index is -0.102. The number of benzene rings is 1. The lowest BCUT2D eigenvalue weighted by Crippen LogP contribution is -2.38. The molecule has 1 unspecified atom stereocenters. The maximum absolute atomic E-state index is 12.1. The van der Waals surface area contributed by atoms with E-state index in [1.54, 1.807) is 10.7 Å². The molecule has 3 rings (SSSR count). The van der Waals surface area contributed by atoms with Gasteiger partial charge in [0.05, 0.1) is 5.69 Å². The van der Waals surface area contributed by atoms with E-state index >= 15 is 0 Å². The summed E-state index contributed by atoms with van der Waals surface area (Å²) in [7, 11) is 0. The number of nitrogens with zero attached hydrogens (tertiary/aromatic N) is 2. The minimum Gasteiger partial charge on any atom is -0.350 e. The van der Waals surface area contributed by atoms with Crippen LogP contribution in [0.5, 0.6) is 0 Å². The van der Waals surface area contributed by atoms with Crippen LogP contribution in [0.3, 0.4) is 0 Å². The highest BCUT2D eigenvalue weighted by Crippen LogP contribution is 2.09. The van der Waals surface area contributed by atoms with E-state index in [0.29, 0.717) is 18.2 Å². The lowest BCUT2D eigenvalue weighted by molar-refractivity contribution is 0.0939. The molecule has 1 fully saturated rings. The second-order valence-electron chi connectivity index (χ2n) is 5.40. The Morgan fingerprint density at radius 2 is 2.19 bits per heavy atom. The van der Waals surface area contributed by atoms with Crippen LogP contribution >= 0.6 is 0 Å². The van der Waals surface area contributed by atoms with Gasteiger partial charge in [0.1, 0.15) is 0 Å². The van der Waals surface area contributed by atoms with E-state index in [9.17, 15) is 4.79 Å². The minimum absolute atomic E-state index is 0.102. The highest BCUT2D eigenvalue weighted by atomic mass is 16.1. The summed E-state index contributed by atoms with van der Waals surface area (Å²) in [5, 5.41) is 10.7. The molecule has 1 aliphatic rings. The monoisotopic (exact) mass is 284 g/mol. The van der Waals surface area contributed by atoms with Gasteiger partial charge in [-0.05, 0) is 50.0 Å². The molecular weight excluding hydrogens is 264 g/mol. The molecule has 1 atom stereocenters. The molecule has 1 amide bonds. The van der Waals surface area contributed by atoms with E-state index < -0.39 is 0 Å². The van der Waals surface area contributed by atoms with Gasteiger partial charge in [-0.2, -0.15) is 5.10 Å². The molecule has 0 spiro atoms. The van der Waals surface area contributed by atoms with Gasteiger partial charge < -0.3 is 10.6 Å². The van der Waals surface area contributed by atoms with Crippen molar-refractivity contribution in [3.63, 3.8) is 0 Å². The normalized spacial score (nSPS) is 18.4. The van der Waals surface area contributed by atoms with Crippen LogP contribution in [-0.4, -0.2) is 35.3 Å². The molecule has 1 aromatic carbocycles. The van der Waals surface area contributed by atoms with Gasteiger partial charge in [-0.1, -0.05) is 18.2 Å². The van der Waals surface area contributed by atoms with E-state index in [-0.39, 0.29) is 5.91 Å². The molecule has 2 heterocycles. The molecule has 21 heavy (non-hydrogen) atoms. The first-order valence-electron chi connectivity index (χ1n) is 7.43. The number of rotatable bonds is 4. The molecular formula is C16H20N4O. The molecule has 0 aliphatic carbocycles. The number of hydrogen-bond acceptors (Lipinski definition) is 3. The number of piperidine rings is 1.